The van der Waals surface area contributed by atoms with E-state index in [9.17, 15) is 4.39 Å². The fraction of sp³-hybridized carbons (Fsp3) is 0.238. The second kappa shape index (κ2) is 8.03. The molecule has 2 heterocycles. The summed E-state index contributed by atoms with van der Waals surface area (Å²) in [6, 6.07) is 18.2. The van der Waals surface area contributed by atoms with Crippen LogP contribution in [0.3, 0.4) is 0 Å². The van der Waals surface area contributed by atoms with Gasteiger partial charge in [0.1, 0.15) is 11.6 Å². The Morgan fingerprint density at radius 2 is 1.85 bits per heavy atom. The van der Waals surface area contributed by atoms with Crippen molar-refractivity contribution < 1.29 is 9.13 Å². The summed E-state index contributed by atoms with van der Waals surface area (Å²) in [5.74, 6) is 1.35. The van der Waals surface area contributed by atoms with Gasteiger partial charge >= 0.3 is 0 Å². The molecule has 1 N–H and O–H groups in total. The zero-order valence-electron chi connectivity index (χ0n) is 14.9. The summed E-state index contributed by atoms with van der Waals surface area (Å²) in [5, 5.41) is 3.58. The number of aromatic nitrogens is 2. The fourth-order valence-corrected chi connectivity index (χ4v) is 3.21. The van der Waals surface area contributed by atoms with Crippen molar-refractivity contribution in [3.8, 4) is 11.6 Å². The Kier molecular flexibility index (Phi) is 5.14. The van der Waals surface area contributed by atoms with Gasteiger partial charge in [-0.05, 0) is 49.2 Å². The number of hydrogen-bond donors (Lipinski definition) is 1. The van der Waals surface area contributed by atoms with E-state index in [2.05, 4.69) is 32.3 Å². The smallest absolute Gasteiger partial charge is 0.228 e. The molecule has 1 aliphatic rings. The molecule has 0 spiro atoms. The van der Waals surface area contributed by atoms with Gasteiger partial charge in [0.25, 0.3) is 0 Å². The summed E-state index contributed by atoms with van der Waals surface area (Å²) < 4.78 is 18.8. The minimum atomic E-state index is -0.295. The zero-order chi connectivity index (χ0) is 18.5. The van der Waals surface area contributed by atoms with Crippen LogP contribution in [0.5, 0.6) is 11.6 Å². The van der Waals surface area contributed by atoms with Crippen molar-refractivity contribution in [2.75, 3.05) is 23.3 Å². The topological polar surface area (TPSA) is 50.3 Å². The number of nitrogens with one attached hydrogen (secondary N) is 1. The van der Waals surface area contributed by atoms with E-state index in [1.54, 1.807) is 24.4 Å². The third-order valence-electron chi connectivity index (χ3n) is 4.50. The molecule has 0 aliphatic carbocycles. The highest BCUT2D eigenvalue weighted by Gasteiger charge is 2.22. The van der Waals surface area contributed by atoms with Gasteiger partial charge in [-0.25, -0.2) is 9.37 Å². The van der Waals surface area contributed by atoms with Gasteiger partial charge in [-0.15, -0.1) is 0 Å². The van der Waals surface area contributed by atoms with Gasteiger partial charge in [-0.1, -0.05) is 18.2 Å². The number of benzene rings is 2. The van der Waals surface area contributed by atoms with Crippen LogP contribution in [-0.4, -0.2) is 29.1 Å². The summed E-state index contributed by atoms with van der Waals surface area (Å²) in [6.45, 7) is 1.74. The first kappa shape index (κ1) is 17.3. The number of para-hydroxylation sites is 1. The second-order valence-corrected chi connectivity index (χ2v) is 6.55. The molecule has 27 heavy (non-hydrogen) atoms. The molecule has 3 aromatic rings. The van der Waals surface area contributed by atoms with Gasteiger partial charge in [0.2, 0.25) is 11.8 Å². The fourth-order valence-electron chi connectivity index (χ4n) is 3.21. The lowest BCUT2D eigenvalue weighted by Gasteiger charge is -2.33. The molecule has 1 saturated heterocycles. The van der Waals surface area contributed by atoms with Crippen LogP contribution in [-0.2, 0) is 0 Å². The van der Waals surface area contributed by atoms with E-state index in [1.807, 2.05) is 18.2 Å². The number of anilines is 2. The van der Waals surface area contributed by atoms with E-state index in [1.165, 1.54) is 12.1 Å². The Bertz CT molecular complexity index is 873. The van der Waals surface area contributed by atoms with Gasteiger partial charge in [0, 0.05) is 37.1 Å². The van der Waals surface area contributed by atoms with E-state index in [0.29, 0.717) is 23.6 Å². The predicted molar refractivity (Wildman–Crippen MR) is 104 cm³/mol. The maximum Gasteiger partial charge on any atom is 0.228 e. The molecular formula is C21H21FN4O. The molecule has 1 unspecified atom stereocenters. The highest BCUT2D eigenvalue weighted by molar-refractivity contribution is 5.45. The molecule has 1 fully saturated rings. The number of nitrogens with zero attached hydrogens (tertiary/aromatic N) is 3. The van der Waals surface area contributed by atoms with Crippen LogP contribution in [0.15, 0.2) is 66.9 Å². The summed E-state index contributed by atoms with van der Waals surface area (Å²) in [5.41, 5.74) is 1.12. The molecule has 0 radical (unpaired) electrons. The van der Waals surface area contributed by atoms with Crippen LogP contribution in [0.2, 0.25) is 0 Å². The molecule has 2 aromatic carbocycles. The highest BCUT2D eigenvalue weighted by Crippen LogP contribution is 2.23. The number of rotatable bonds is 5. The highest BCUT2D eigenvalue weighted by atomic mass is 19.1. The Hall–Kier alpha value is -3.15. The van der Waals surface area contributed by atoms with Gasteiger partial charge < -0.3 is 15.0 Å². The Labute approximate surface area is 157 Å². The Morgan fingerprint density at radius 3 is 2.67 bits per heavy atom. The van der Waals surface area contributed by atoms with Crippen molar-refractivity contribution in [2.24, 2.45) is 0 Å². The average molecular weight is 364 g/mol. The normalized spacial score (nSPS) is 16.8. The average Bonchev–Trinajstić information content (AvgIpc) is 2.71. The molecule has 4 rings (SSSR count). The van der Waals surface area contributed by atoms with Crippen molar-refractivity contribution in [3.63, 3.8) is 0 Å². The third kappa shape index (κ3) is 4.53. The van der Waals surface area contributed by atoms with E-state index in [4.69, 9.17) is 4.74 Å². The van der Waals surface area contributed by atoms with Crippen molar-refractivity contribution >= 4 is 11.6 Å². The molecule has 5 nitrogen and oxygen atoms in total. The van der Waals surface area contributed by atoms with E-state index >= 15 is 0 Å². The van der Waals surface area contributed by atoms with Crippen LogP contribution < -0.4 is 15.0 Å². The first-order chi connectivity index (χ1) is 13.3. The van der Waals surface area contributed by atoms with Gasteiger partial charge in [0.05, 0.1) is 0 Å². The molecule has 1 aromatic heterocycles. The lowest BCUT2D eigenvalue weighted by Crippen LogP contribution is -2.42. The molecule has 0 bridgehead atoms. The molecule has 6 heteroatoms. The second-order valence-electron chi connectivity index (χ2n) is 6.55. The summed E-state index contributed by atoms with van der Waals surface area (Å²) in [7, 11) is 0. The van der Waals surface area contributed by atoms with Crippen LogP contribution in [0, 0.1) is 5.82 Å². The molecule has 0 amide bonds. The minimum Gasteiger partial charge on any atom is -0.439 e. The SMILES string of the molecule is Fc1ccc(Oc2ccnc(N3CCCC(Nc4ccccc4)C3)n2)cc1. The third-order valence-corrected chi connectivity index (χ3v) is 4.50. The maximum absolute atomic E-state index is 13.0. The lowest BCUT2D eigenvalue weighted by molar-refractivity contribution is 0.456. The van der Waals surface area contributed by atoms with Crippen molar-refractivity contribution in [1.82, 2.24) is 9.97 Å². The van der Waals surface area contributed by atoms with Gasteiger partial charge in [0.15, 0.2) is 0 Å². The molecule has 1 atom stereocenters. The van der Waals surface area contributed by atoms with E-state index < -0.39 is 0 Å². The first-order valence-electron chi connectivity index (χ1n) is 9.09. The summed E-state index contributed by atoms with van der Waals surface area (Å²) in [4.78, 5) is 11.1. The number of piperidine rings is 1. The van der Waals surface area contributed by atoms with Gasteiger partial charge in [-0.3, -0.25) is 0 Å². The standard InChI is InChI=1S/C21H21FN4O/c22-16-8-10-19(11-9-16)27-20-12-13-23-21(25-20)26-14-4-7-18(15-26)24-17-5-2-1-3-6-17/h1-3,5-6,8-13,18,24H,4,7,14-15H2. The summed E-state index contributed by atoms with van der Waals surface area (Å²) >= 11 is 0. The number of ether oxygens (including phenoxy) is 1. The quantitative estimate of drug-likeness (QED) is 0.723. The first-order valence-corrected chi connectivity index (χ1v) is 9.09. The van der Waals surface area contributed by atoms with E-state index in [0.717, 1.165) is 31.6 Å². The molecule has 1 aliphatic heterocycles. The van der Waals surface area contributed by atoms with Crippen molar-refractivity contribution in [1.29, 1.82) is 0 Å². The zero-order valence-corrected chi connectivity index (χ0v) is 14.9. The van der Waals surface area contributed by atoms with Gasteiger partial charge in [-0.2, -0.15) is 4.98 Å². The van der Waals surface area contributed by atoms with Crippen LogP contribution in [0.4, 0.5) is 16.0 Å². The molecule has 0 saturated carbocycles. The van der Waals surface area contributed by atoms with Crippen LogP contribution >= 0.6 is 0 Å². The minimum absolute atomic E-state index is 0.295. The van der Waals surface area contributed by atoms with Crippen LogP contribution in [0.1, 0.15) is 12.8 Å². The maximum atomic E-state index is 13.0. The van der Waals surface area contributed by atoms with Crippen molar-refractivity contribution in [2.45, 2.75) is 18.9 Å². The Balaban J connectivity index is 1.43. The largest absolute Gasteiger partial charge is 0.439 e. The summed E-state index contributed by atoms with van der Waals surface area (Å²) in [6.07, 6.45) is 3.86. The number of hydrogen-bond acceptors (Lipinski definition) is 5. The lowest BCUT2D eigenvalue weighted by atomic mass is 10.1. The monoisotopic (exact) mass is 364 g/mol. The van der Waals surface area contributed by atoms with E-state index in [-0.39, 0.29) is 5.82 Å². The number of halogens is 1. The molecule has 138 valence electrons. The van der Waals surface area contributed by atoms with Crippen LogP contribution in [0.25, 0.3) is 0 Å². The molecular weight excluding hydrogens is 343 g/mol. The van der Waals surface area contributed by atoms with Crippen molar-refractivity contribution in [3.05, 3.63) is 72.7 Å². The Morgan fingerprint density at radius 1 is 1.04 bits per heavy atom. The predicted octanol–water partition coefficient (Wildman–Crippen LogP) is 4.49.